The second-order valence-corrected chi connectivity index (χ2v) is 9.22. The lowest BCUT2D eigenvalue weighted by Gasteiger charge is -2.13. The smallest absolute Gasteiger partial charge is 0.163 e. The summed E-state index contributed by atoms with van der Waals surface area (Å²) < 4.78 is 1.02. The lowest BCUT2D eigenvalue weighted by Crippen LogP contribution is -1.97. The molecule has 0 spiro atoms. The molecule has 0 saturated carbocycles. The standard InChI is InChI=1S/C31H20BrN3/c32-27-15-13-23(14-16-27)30-34-29(28-12-7-17-33-31(28)35-30)26-19-24(21-8-3-1-4-9-21)18-25(20-26)22-10-5-2-6-11-22/h1-20H. The van der Waals surface area contributed by atoms with Crippen LogP contribution in [0.1, 0.15) is 0 Å². The molecule has 0 aliphatic heterocycles. The summed E-state index contributed by atoms with van der Waals surface area (Å²) in [5, 5.41) is 0.928. The van der Waals surface area contributed by atoms with Crippen LogP contribution >= 0.6 is 15.9 Å². The highest BCUT2D eigenvalue weighted by Gasteiger charge is 2.15. The molecule has 0 aliphatic carbocycles. The molecule has 0 bridgehead atoms. The van der Waals surface area contributed by atoms with E-state index in [1.54, 1.807) is 6.20 Å². The van der Waals surface area contributed by atoms with Gasteiger partial charge in [-0.3, -0.25) is 0 Å². The van der Waals surface area contributed by atoms with E-state index in [1.807, 2.05) is 48.5 Å². The highest BCUT2D eigenvalue weighted by molar-refractivity contribution is 9.10. The Hall–Kier alpha value is -4.15. The Labute approximate surface area is 212 Å². The molecule has 0 aliphatic rings. The van der Waals surface area contributed by atoms with E-state index in [2.05, 4.69) is 87.6 Å². The van der Waals surface area contributed by atoms with E-state index in [0.29, 0.717) is 11.5 Å². The summed E-state index contributed by atoms with van der Waals surface area (Å²) in [5.74, 6) is 0.657. The van der Waals surface area contributed by atoms with Crippen LogP contribution in [0.5, 0.6) is 0 Å². The Bertz CT molecular complexity index is 1570. The quantitative estimate of drug-likeness (QED) is 0.237. The van der Waals surface area contributed by atoms with Crippen molar-refractivity contribution in [1.29, 1.82) is 0 Å². The monoisotopic (exact) mass is 513 g/mol. The van der Waals surface area contributed by atoms with Gasteiger partial charge in [-0.15, -0.1) is 0 Å². The maximum absolute atomic E-state index is 5.07. The molecule has 4 heteroatoms. The van der Waals surface area contributed by atoms with E-state index < -0.39 is 0 Å². The number of pyridine rings is 1. The SMILES string of the molecule is Brc1ccc(-c2nc(-c3cc(-c4ccccc4)cc(-c4ccccc4)c3)c3cccnc3n2)cc1. The normalized spacial score (nSPS) is 11.0. The van der Waals surface area contributed by atoms with Gasteiger partial charge in [0, 0.05) is 27.2 Å². The van der Waals surface area contributed by atoms with Crippen molar-refractivity contribution >= 4 is 27.0 Å². The Kier molecular flexibility index (Phi) is 5.65. The van der Waals surface area contributed by atoms with Crippen LogP contribution in [0.3, 0.4) is 0 Å². The predicted molar refractivity (Wildman–Crippen MR) is 147 cm³/mol. The zero-order chi connectivity index (χ0) is 23.6. The molecule has 0 saturated heterocycles. The molecule has 0 atom stereocenters. The van der Waals surface area contributed by atoms with Crippen molar-refractivity contribution in [3.05, 3.63) is 126 Å². The molecule has 3 nitrogen and oxygen atoms in total. The van der Waals surface area contributed by atoms with Gasteiger partial charge < -0.3 is 0 Å². The van der Waals surface area contributed by atoms with Gasteiger partial charge in [-0.25, -0.2) is 15.0 Å². The van der Waals surface area contributed by atoms with Crippen molar-refractivity contribution in [2.24, 2.45) is 0 Å². The third-order valence-corrected chi connectivity index (χ3v) is 6.52. The van der Waals surface area contributed by atoms with Crippen molar-refractivity contribution < 1.29 is 0 Å². The number of hydrogen-bond acceptors (Lipinski definition) is 3. The maximum atomic E-state index is 5.07. The largest absolute Gasteiger partial charge is 0.236 e. The highest BCUT2D eigenvalue weighted by Crippen LogP contribution is 2.35. The molecule has 0 amide bonds. The minimum Gasteiger partial charge on any atom is -0.236 e. The number of rotatable bonds is 4. The zero-order valence-corrected chi connectivity index (χ0v) is 20.4. The lowest BCUT2D eigenvalue weighted by molar-refractivity contribution is 1.19. The molecule has 0 N–H and O–H groups in total. The van der Waals surface area contributed by atoms with Crippen LogP contribution in [0.4, 0.5) is 0 Å². The second kappa shape index (κ2) is 9.24. The Morgan fingerprint density at radius 1 is 0.486 bits per heavy atom. The average Bonchev–Trinajstić information content (AvgIpc) is 2.93. The van der Waals surface area contributed by atoms with Gasteiger partial charge in [-0.05, 0) is 64.7 Å². The molecule has 4 aromatic carbocycles. The first kappa shape index (κ1) is 21.4. The Morgan fingerprint density at radius 3 is 1.71 bits per heavy atom. The van der Waals surface area contributed by atoms with E-state index in [4.69, 9.17) is 9.97 Å². The summed E-state index contributed by atoms with van der Waals surface area (Å²) in [4.78, 5) is 14.4. The molecule has 35 heavy (non-hydrogen) atoms. The fourth-order valence-corrected chi connectivity index (χ4v) is 4.53. The molecule has 6 aromatic rings. The van der Waals surface area contributed by atoms with E-state index in [1.165, 1.54) is 0 Å². The number of halogens is 1. The first-order valence-electron chi connectivity index (χ1n) is 11.4. The van der Waals surface area contributed by atoms with E-state index >= 15 is 0 Å². The van der Waals surface area contributed by atoms with Crippen molar-refractivity contribution in [1.82, 2.24) is 15.0 Å². The number of nitrogens with zero attached hydrogens (tertiary/aromatic N) is 3. The van der Waals surface area contributed by atoms with Crippen molar-refractivity contribution in [3.63, 3.8) is 0 Å². The van der Waals surface area contributed by atoms with Gasteiger partial charge in [0.15, 0.2) is 11.5 Å². The van der Waals surface area contributed by atoms with Gasteiger partial charge in [-0.2, -0.15) is 0 Å². The molecular weight excluding hydrogens is 494 g/mol. The topological polar surface area (TPSA) is 38.7 Å². The van der Waals surface area contributed by atoms with Gasteiger partial charge >= 0.3 is 0 Å². The summed E-state index contributed by atoms with van der Waals surface area (Å²) >= 11 is 3.52. The van der Waals surface area contributed by atoms with Crippen LogP contribution < -0.4 is 0 Å². The van der Waals surface area contributed by atoms with E-state index in [-0.39, 0.29) is 0 Å². The zero-order valence-electron chi connectivity index (χ0n) is 18.8. The molecule has 0 unspecified atom stereocenters. The number of hydrogen-bond donors (Lipinski definition) is 0. The number of fused-ring (bicyclic) bond motifs is 1. The van der Waals surface area contributed by atoms with Crippen LogP contribution in [0.25, 0.3) is 55.9 Å². The van der Waals surface area contributed by atoms with Crippen molar-refractivity contribution in [2.45, 2.75) is 0 Å². The van der Waals surface area contributed by atoms with Crippen molar-refractivity contribution in [2.75, 3.05) is 0 Å². The van der Waals surface area contributed by atoms with Gasteiger partial charge in [0.2, 0.25) is 0 Å². The summed E-state index contributed by atoms with van der Waals surface area (Å²) in [7, 11) is 0. The molecule has 0 radical (unpaired) electrons. The molecule has 166 valence electrons. The van der Waals surface area contributed by atoms with Gasteiger partial charge in [-0.1, -0.05) is 88.7 Å². The average molecular weight is 514 g/mol. The highest BCUT2D eigenvalue weighted by atomic mass is 79.9. The van der Waals surface area contributed by atoms with Crippen molar-refractivity contribution in [3.8, 4) is 44.9 Å². The first-order chi connectivity index (χ1) is 17.2. The van der Waals surface area contributed by atoms with Crippen LogP contribution in [0.2, 0.25) is 0 Å². The summed E-state index contributed by atoms with van der Waals surface area (Å²) in [6.07, 6.45) is 1.78. The van der Waals surface area contributed by atoms with E-state index in [9.17, 15) is 0 Å². The molecule has 2 heterocycles. The molecular formula is C31H20BrN3. The number of aromatic nitrogens is 3. The predicted octanol–water partition coefficient (Wildman–Crippen LogP) is 8.46. The van der Waals surface area contributed by atoms with Gasteiger partial charge in [0.05, 0.1) is 5.69 Å². The molecule has 0 fully saturated rings. The maximum Gasteiger partial charge on any atom is 0.163 e. The van der Waals surface area contributed by atoms with Crippen LogP contribution in [0.15, 0.2) is 126 Å². The fourth-order valence-electron chi connectivity index (χ4n) is 4.27. The number of benzene rings is 4. The van der Waals surface area contributed by atoms with Crippen LogP contribution in [0, 0.1) is 0 Å². The Morgan fingerprint density at radius 2 is 1.09 bits per heavy atom. The first-order valence-corrected chi connectivity index (χ1v) is 12.2. The minimum absolute atomic E-state index is 0.657. The Balaban J connectivity index is 1.62. The van der Waals surface area contributed by atoms with Crippen LogP contribution in [-0.4, -0.2) is 15.0 Å². The fraction of sp³-hybridized carbons (Fsp3) is 0. The molecule has 6 rings (SSSR count). The summed E-state index contributed by atoms with van der Waals surface area (Å²) in [5.41, 5.74) is 8.14. The van der Waals surface area contributed by atoms with Crippen LogP contribution in [-0.2, 0) is 0 Å². The van der Waals surface area contributed by atoms with Gasteiger partial charge in [0.25, 0.3) is 0 Å². The summed E-state index contributed by atoms with van der Waals surface area (Å²) in [6.45, 7) is 0. The summed E-state index contributed by atoms with van der Waals surface area (Å²) in [6, 6.07) is 39.6. The lowest BCUT2D eigenvalue weighted by atomic mass is 9.94. The third kappa shape index (κ3) is 4.36. The second-order valence-electron chi connectivity index (χ2n) is 8.31. The minimum atomic E-state index is 0.657. The molecule has 2 aromatic heterocycles. The van der Waals surface area contributed by atoms with Gasteiger partial charge in [0.1, 0.15) is 0 Å². The third-order valence-electron chi connectivity index (χ3n) is 5.99. The van der Waals surface area contributed by atoms with E-state index in [0.717, 1.165) is 48.9 Å².